The Morgan fingerprint density at radius 1 is 1.50 bits per heavy atom. The Kier molecular flexibility index (Phi) is 4.60. The third-order valence-electron chi connectivity index (χ3n) is 3.16. The molecule has 4 nitrogen and oxygen atoms in total. The molecule has 20 heavy (non-hydrogen) atoms. The molecule has 0 saturated carbocycles. The van der Waals surface area contributed by atoms with E-state index < -0.39 is 6.04 Å². The summed E-state index contributed by atoms with van der Waals surface area (Å²) in [5.41, 5.74) is 1.41. The minimum absolute atomic E-state index is 0.288. The minimum Gasteiger partial charge on any atom is -0.464 e. The van der Waals surface area contributed by atoms with Gasteiger partial charge in [-0.3, -0.25) is 4.79 Å². The number of halogens is 1. The Balaban J connectivity index is 2.44. The highest BCUT2D eigenvalue weighted by Crippen LogP contribution is 2.27. The molecule has 1 heterocycles. The summed E-state index contributed by atoms with van der Waals surface area (Å²) in [4.78, 5) is 23.1. The van der Waals surface area contributed by atoms with Gasteiger partial charge >= 0.3 is 5.97 Å². The lowest BCUT2D eigenvalue weighted by molar-refractivity contribution is -0.147. The number of carbonyl (C=O) groups excluding carboxylic acids is 2. The molecule has 0 amide bonds. The summed E-state index contributed by atoms with van der Waals surface area (Å²) >= 11 is 3.39. The minimum atomic E-state index is -0.459. The highest BCUT2D eigenvalue weighted by atomic mass is 79.9. The second kappa shape index (κ2) is 6.22. The molecular weight excluding hydrogens is 322 g/mol. The molecule has 0 bridgehead atoms. The average Bonchev–Trinajstić information content (AvgIpc) is 2.81. The van der Waals surface area contributed by atoms with Crippen LogP contribution in [-0.4, -0.2) is 23.4 Å². The Morgan fingerprint density at radius 3 is 2.90 bits per heavy atom. The lowest BCUT2D eigenvalue weighted by Gasteiger charge is -2.14. The van der Waals surface area contributed by atoms with Crippen molar-refractivity contribution in [2.75, 3.05) is 6.61 Å². The van der Waals surface area contributed by atoms with Crippen molar-refractivity contribution >= 4 is 39.1 Å². The molecule has 1 aromatic heterocycles. The molecule has 2 rings (SSSR count). The second-order valence-electron chi connectivity index (χ2n) is 4.61. The van der Waals surface area contributed by atoms with Gasteiger partial charge in [0.05, 0.1) is 6.61 Å². The van der Waals surface area contributed by atoms with Gasteiger partial charge in [-0.05, 0) is 31.5 Å². The Hall–Kier alpha value is -1.62. The van der Waals surface area contributed by atoms with Crippen molar-refractivity contribution in [3.05, 3.63) is 34.4 Å². The van der Waals surface area contributed by atoms with Gasteiger partial charge in [0, 0.05) is 27.1 Å². The van der Waals surface area contributed by atoms with Crippen LogP contribution in [0.5, 0.6) is 0 Å². The zero-order chi connectivity index (χ0) is 14.7. The lowest BCUT2D eigenvalue weighted by atomic mass is 10.2. The predicted octanol–water partition coefficient (Wildman–Crippen LogP) is 3.73. The number of benzene rings is 1. The van der Waals surface area contributed by atoms with E-state index in [1.165, 1.54) is 0 Å². The maximum atomic E-state index is 12.0. The van der Waals surface area contributed by atoms with E-state index in [0.717, 1.165) is 28.1 Å². The summed E-state index contributed by atoms with van der Waals surface area (Å²) < 4.78 is 7.84. The van der Waals surface area contributed by atoms with Crippen molar-refractivity contribution in [3.8, 4) is 0 Å². The molecule has 0 aliphatic heterocycles. The van der Waals surface area contributed by atoms with Crippen LogP contribution in [0.3, 0.4) is 0 Å². The van der Waals surface area contributed by atoms with Crippen LogP contribution in [0.1, 0.15) is 36.7 Å². The first-order chi connectivity index (χ1) is 9.58. The average molecular weight is 338 g/mol. The molecule has 106 valence electrons. The third kappa shape index (κ3) is 2.77. The maximum absolute atomic E-state index is 12.0. The smallest absolute Gasteiger partial charge is 0.328 e. The van der Waals surface area contributed by atoms with Crippen molar-refractivity contribution in [2.24, 2.45) is 0 Å². The van der Waals surface area contributed by atoms with Gasteiger partial charge < -0.3 is 9.30 Å². The number of nitrogens with zero attached hydrogens (tertiary/aromatic N) is 1. The summed E-state index contributed by atoms with van der Waals surface area (Å²) in [5.74, 6) is -0.288. The molecule has 1 unspecified atom stereocenters. The van der Waals surface area contributed by atoms with Gasteiger partial charge in [0.2, 0.25) is 0 Å². The van der Waals surface area contributed by atoms with E-state index in [-0.39, 0.29) is 5.97 Å². The molecular formula is C15H16BrNO3. The van der Waals surface area contributed by atoms with E-state index in [4.69, 9.17) is 4.74 Å². The second-order valence-corrected chi connectivity index (χ2v) is 5.53. The normalized spacial score (nSPS) is 12.3. The van der Waals surface area contributed by atoms with Crippen LogP contribution in [0.4, 0.5) is 0 Å². The molecule has 0 spiro atoms. The fourth-order valence-electron chi connectivity index (χ4n) is 2.10. The summed E-state index contributed by atoms with van der Waals surface area (Å²) in [5, 5.41) is 0.824. The van der Waals surface area contributed by atoms with Crippen molar-refractivity contribution in [3.63, 3.8) is 0 Å². The zero-order valence-electron chi connectivity index (χ0n) is 11.4. The highest BCUT2D eigenvalue weighted by molar-refractivity contribution is 9.10. The van der Waals surface area contributed by atoms with Crippen molar-refractivity contribution < 1.29 is 14.3 Å². The number of carbonyl (C=O) groups is 2. The van der Waals surface area contributed by atoms with Crippen LogP contribution in [0, 0.1) is 0 Å². The van der Waals surface area contributed by atoms with Gasteiger partial charge in [0.1, 0.15) is 6.04 Å². The van der Waals surface area contributed by atoms with Gasteiger partial charge in [-0.2, -0.15) is 0 Å². The van der Waals surface area contributed by atoms with Crippen molar-refractivity contribution in [2.45, 2.75) is 26.3 Å². The van der Waals surface area contributed by atoms with E-state index in [0.29, 0.717) is 12.2 Å². The number of aldehydes is 1. The molecule has 0 saturated heterocycles. The van der Waals surface area contributed by atoms with E-state index in [9.17, 15) is 9.59 Å². The Bertz CT molecular complexity index is 648. The number of fused-ring (bicyclic) bond motifs is 1. The quantitative estimate of drug-likeness (QED) is 0.616. The number of rotatable bonds is 5. The van der Waals surface area contributed by atoms with Crippen LogP contribution in [0.25, 0.3) is 10.9 Å². The van der Waals surface area contributed by atoms with Crippen LogP contribution in [-0.2, 0) is 9.53 Å². The van der Waals surface area contributed by atoms with Gasteiger partial charge in [-0.25, -0.2) is 4.79 Å². The van der Waals surface area contributed by atoms with E-state index >= 15 is 0 Å². The van der Waals surface area contributed by atoms with Crippen molar-refractivity contribution in [1.29, 1.82) is 0 Å². The number of aromatic nitrogens is 1. The number of ether oxygens (including phenoxy) is 1. The summed E-state index contributed by atoms with van der Waals surface area (Å²) in [6.45, 7) is 4.13. The topological polar surface area (TPSA) is 48.3 Å². The predicted molar refractivity (Wildman–Crippen MR) is 81.0 cm³/mol. The molecule has 0 aliphatic rings. The van der Waals surface area contributed by atoms with Gasteiger partial charge in [0.15, 0.2) is 6.29 Å². The zero-order valence-corrected chi connectivity index (χ0v) is 13.0. The first-order valence-corrected chi connectivity index (χ1v) is 7.29. The largest absolute Gasteiger partial charge is 0.464 e. The number of hydrogen-bond donors (Lipinski definition) is 0. The maximum Gasteiger partial charge on any atom is 0.328 e. The molecule has 0 fully saturated rings. The van der Waals surface area contributed by atoms with Crippen LogP contribution in [0.2, 0.25) is 0 Å². The molecule has 0 N–H and O–H groups in total. The fraction of sp³-hybridized carbons (Fsp3) is 0.333. The van der Waals surface area contributed by atoms with E-state index in [1.807, 2.05) is 25.1 Å². The van der Waals surface area contributed by atoms with Gasteiger partial charge in [-0.1, -0.05) is 22.9 Å². The number of hydrogen-bond acceptors (Lipinski definition) is 3. The first kappa shape index (κ1) is 14.8. The summed E-state index contributed by atoms with van der Waals surface area (Å²) in [6, 6.07) is 5.19. The van der Waals surface area contributed by atoms with Gasteiger partial charge in [-0.15, -0.1) is 0 Å². The van der Waals surface area contributed by atoms with Crippen LogP contribution in [0.15, 0.2) is 28.9 Å². The van der Waals surface area contributed by atoms with E-state index in [1.54, 1.807) is 17.7 Å². The molecule has 0 radical (unpaired) electrons. The molecule has 5 heteroatoms. The van der Waals surface area contributed by atoms with Crippen molar-refractivity contribution in [1.82, 2.24) is 4.57 Å². The van der Waals surface area contributed by atoms with Crippen LogP contribution < -0.4 is 0 Å². The first-order valence-electron chi connectivity index (χ1n) is 6.50. The highest BCUT2D eigenvalue weighted by Gasteiger charge is 2.19. The molecule has 1 atom stereocenters. The molecule has 2 aromatic rings. The standard InChI is InChI=1S/C15H16BrNO3/c1-3-6-20-15(19)10(2)17-8-11(9-18)13-7-12(16)4-5-14(13)17/h4-5,7-10H,3,6H2,1-2H3. The van der Waals surface area contributed by atoms with E-state index in [2.05, 4.69) is 15.9 Å². The van der Waals surface area contributed by atoms with Gasteiger partial charge in [0.25, 0.3) is 0 Å². The van der Waals surface area contributed by atoms with Crippen LogP contribution >= 0.6 is 15.9 Å². The lowest BCUT2D eigenvalue weighted by Crippen LogP contribution is -2.18. The Morgan fingerprint density at radius 2 is 2.25 bits per heavy atom. The molecule has 1 aromatic carbocycles. The SMILES string of the molecule is CCCOC(=O)C(C)n1cc(C=O)c2cc(Br)ccc21. The summed E-state index contributed by atoms with van der Waals surface area (Å²) in [7, 11) is 0. The Labute approximate surface area is 125 Å². The number of esters is 1. The molecule has 0 aliphatic carbocycles. The fourth-order valence-corrected chi connectivity index (χ4v) is 2.47. The summed E-state index contributed by atoms with van der Waals surface area (Å²) in [6.07, 6.45) is 3.29. The third-order valence-corrected chi connectivity index (χ3v) is 3.65. The monoisotopic (exact) mass is 337 g/mol.